The number of rotatable bonds is 1. The summed E-state index contributed by atoms with van der Waals surface area (Å²) < 4.78 is 0. The van der Waals surface area contributed by atoms with Crippen LogP contribution < -0.4 is 0 Å². The number of aliphatic hydroxyl groups is 2. The normalized spacial score (nSPS) is 25.6. The summed E-state index contributed by atoms with van der Waals surface area (Å²) in [6, 6.07) is 0. The van der Waals surface area contributed by atoms with Gasteiger partial charge in [0.1, 0.15) is 0 Å². The molecule has 1 fully saturated rings. The van der Waals surface area contributed by atoms with Crippen molar-refractivity contribution in [2.24, 2.45) is 0 Å². The van der Waals surface area contributed by atoms with Gasteiger partial charge in [0.25, 0.3) is 0 Å². The zero-order valence-corrected chi connectivity index (χ0v) is 13.4. The molecule has 2 nitrogen and oxygen atoms in total. The largest absolute Gasteiger partial charge is 2.00 e. The van der Waals surface area contributed by atoms with Gasteiger partial charge in [0, 0.05) is 12.2 Å². The number of aliphatic hydroxyl groups excluding tert-OH is 2. The first kappa shape index (κ1) is 15.2. The molecule has 2 unspecified atom stereocenters. The van der Waals surface area contributed by atoms with Crippen LogP contribution in [0, 0.1) is 37.7 Å². The van der Waals surface area contributed by atoms with Crippen molar-refractivity contribution >= 4 is 0 Å². The van der Waals surface area contributed by atoms with Gasteiger partial charge in [0.15, 0.2) is 0 Å². The summed E-state index contributed by atoms with van der Waals surface area (Å²) in [7, 11) is 0. The summed E-state index contributed by atoms with van der Waals surface area (Å²) in [6.45, 7) is 9.53. The van der Waals surface area contributed by atoms with Crippen molar-refractivity contribution in [2.75, 3.05) is 0 Å². The Balaban J connectivity index is 0.00000196. The van der Waals surface area contributed by atoms with Gasteiger partial charge in [-0.1, -0.05) is 23.3 Å². The van der Waals surface area contributed by atoms with Crippen LogP contribution in [0.25, 0.3) is 0 Å². The fourth-order valence-electron chi connectivity index (χ4n) is 1.46. The predicted octanol–water partition coefficient (Wildman–Crippen LogP) is 1.75. The Kier molecular flexibility index (Phi) is 6.79. The summed E-state index contributed by atoms with van der Waals surface area (Å²) >= 11 is 0. The van der Waals surface area contributed by atoms with E-state index in [9.17, 15) is 10.2 Å². The molecule has 80 valence electrons. The maximum absolute atomic E-state index is 9.50. The Bertz CT molecular complexity index is 272. The third-order valence-corrected chi connectivity index (χ3v) is 2.33. The minimum absolute atomic E-state index is 0. The Morgan fingerprint density at radius 3 is 2.13 bits per heavy atom. The fourth-order valence-corrected chi connectivity index (χ4v) is 1.46. The van der Waals surface area contributed by atoms with Crippen LogP contribution in [0.4, 0.5) is 0 Å². The van der Waals surface area contributed by atoms with Crippen LogP contribution in [-0.2, 0) is 0 Å². The van der Waals surface area contributed by atoms with E-state index in [1.54, 1.807) is 0 Å². The molecule has 0 heterocycles. The van der Waals surface area contributed by atoms with Gasteiger partial charge in [-0.25, -0.2) is 5.57 Å². The number of hydrogen-bond donors (Lipinski definition) is 2. The van der Waals surface area contributed by atoms with E-state index in [1.165, 1.54) is 5.57 Å². The Hall–Kier alpha value is 0.192. The van der Waals surface area contributed by atoms with Gasteiger partial charge in [-0.05, 0) is 26.7 Å². The number of allylic oxidation sites excluding steroid dienone is 3. The second-order valence-electron chi connectivity index (χ2n) is 4.01. The smallest absolute Gasteiger partial charge is 0.509 e. The molecule has 0 spiro atoms. The van der Waals surface area contributed by atoms with E-state index >= 15 is 0 Å². The van der Waals surface area contributed by atoms with Crippen LogP contribution in [-0.4, -0.2) is 22.4 Å². The maximum atomic E-state index is 9.50. The van der Waals surface area contributed by atoms with E-state index in [1.807, 2.05) is 26.0 Å². The zero-order valence-electron chi connectivity index (χ0n) is 9.20. The van der Waals surface area contributed by atoms with Crippen molar-refractivity contribution in [1.29, 1.82) is 0 Å². The molecule has 0 bridgehead atoms. The topological polar surface area (TPSA) is 40.5 Å². The van der Waals surface area contributed by atoms with Crippen molar-refractivity contribution < 1.29 is 41.3 Å². The molecule has 0 amide bonds. The Morgan fingerprint density at radius 2 is 1.73 bits per heavy atom. The second kappa shape index (κ2) is 6.71. The molecule has 1 aliphatic carbocycles. The molecule has 3 heteroatoms. The molecule has 15 heavy (non-hydrogen) atoms. The molecule has 1 rings (SSSR count). The van der Waals surface area contributed by atoms with Gasteiger partial charge < -0.3 is 16.8 Å². The minimum Gasteiger partial charge on any atom is -0.509 e. The predicted molar refractivity (Wildman–Crippen MR) is 56.6 cm³/mol. The summed E-state index contributed by atoms with van der Waals surface area (Å²) in [6.07, 6.45) is 3.61. The first-order chi connectivity index (χ1) is 6.50. The SMILES string of the molecule is [CH-]=C1C(O)CC(=CC=C(C)C)CC1O.[U+2]. The molecule has 0 radical (unpaired) electrons. The van der Waals surface area contributed by atoms with Crippen molar-refractivity contribution in [3.63, 3.8) is 0 Å². The molecule has 2 atom stereocenters. The van der Waals surface area contributed by atoms with Crippen LogP contribution in [0.5, 0.6) is 0 Å². The van der Waals surface area contributed by atoms with Crippen LogP contribution in [0.2, 0.25) is 0 Å². The van der Waals surface area contributed by atoms with Crippen LogP contribution in [0.1, 0.15) is 26.7 Å². The molecule has 0 aromatic rings. The van der Waals surface area contributed by atoms with Gasteiger partial charge >= 0.3 is 31.1 Å². The molecule has 0 saturated heterocycles. The average molecular weight is 431 g/mol. The van der Waals surface area contributed by atoms with Gasteiger partial charge in [0.2, 0.25) is 0 Å². The molecule has 1 saturated carbocycles. The first-order valence-corrected chi connectivity index (χ1v) is 4.82. The van der Waals surface area contributed by atoms with Crippen LogP contribution >= 0.6 is 0 Å². The van der Waals surface area contributed by atoms with Gasteiger partial charge in [-0.3, -0.25) is 0 Å². The molecule has 0 aliphatic heterocycles. The van der Waals surface area contributed by atoms with E-state index in [4.69, 9.17) is 6.58 Å². The fraction of sp³-hybridized carbons (Fsp3) is 0.500. The molecule has 1 aliphatic rings. The average Bonchev–Trinajstić information content (AvgIpc) is 2.10. The zero-order chi connectivity index (χ0) is 10.7. The molecular weight excluding hydrogens is 414 g/mol. The van der Waals surface area contributed by atoms with E-state index in [0.29, 0.717) is 18.4 Å². The Labute approximate surface area is 115 Å². The number of hydrogen-bond acceptors (Lipinski definition) is 2. The molecule has 2 N–H and O–H groups in total. The van der Waals surface area contributed by atoms with Crippen molar-refractivity contribution in [2.45, 2.75) is 38.9 Å². The molecular formula is C12H17O2U+. The first-order valence-electron chi connectivity index (χ1n) is 4.82. The third-order valence-electron chi connectivity index (χ3n) is 2.33. The van der Waals surface area contributed by atoms with Gasteiger partial charge in [-0.15, -0.1) is 0 Å². The quantitative estimate of drug-likeness (QED) is 0.622. The van der Waals surface area contributed by atoms with E-state index < -0.39 is 12.2 Å². The summed E-state index contributed by atoms with van der Waals surface area (Å²) in [5.74, 6) is 0. The van der Waals surface area contributed by atoms with Crippen molar-refractivity contribution in [1.82, 2.24) is 0 Å². The summed E-state index contributed by atoms with van der Waals surface area (Å²) in [5, 5.41) is 19.0. The molecule has 0 aromatic carbocycles. The van der Waals surface area contributed by atoms with E-state index in [-0.39, 0.29) is 31.1 Å². The van der Waals surface area contributed by atoms with Crippen molar-refractivity contribution in [3.05, 3.63) is 35.5 Å². The third kappa shape index (κ3) is 4.70. The van der Waals surface area contributed by atoms with Crippen molar-refractivity contribution in [3.8, 4) is 0 Å². The van der Waals surface area contributed by atoms with E-state index in [0.717, 1.165) is 5.57 Å². The monoisotopic (exact) mass is 431 g/mol. The minimum atomic E-state index is -0.699. The van der Waals surface area contributed by atoms with Gasteiger partial charge in [-0.2, -0.15) is 0 Å². The van der Waals surface area contributed by atoms with Gasteiger partial charge in [0.05, 0.1) is 0 Å². The molecule has 0 aromatic heterocycles. The summed E-state index contributed by atoms with van der Waals surface area (Å²) in [5.41, 5.74) is 2.53. The van der Waals surface area contributed by atoms with Crippen LogP contribution in [0.15, 0.2) is 28.9 Å². The standard InChI is InChI=1S/C12H17O2.U/c1-8(2)4-5-10-6-11(13)9(3)12(14)7-10;/h3-5,11-14H,6-7H2,1-2H3;/q-1;+2. The van der Waals surface area contributed by atoms with Crippen LogP contribution in [0.3, 0.4) is 0 Å². The van der Waals surface area contributed by atoms with E-state index in [2.05, 4.69) is 0 Å². The maximum Gasteiger partial charge on any atom is 2.00 e. The second-order valence-corrected chi connectivity index (χ2v) is 4.01. The summed E-state index contributed by atoms with van der Waals surface area (Å²) in [4.78, 5) is 0. The Morgan fingerprint density at radius 1 is 1.27 bits per heavy atom.